The summed E-state index contributed by atoms with van der Waals surface area (Å²) < 4.78 is 12.7. The van der Waals surface area contributed by atoms with E-state index < -0.39 is 12.2 Å². The highest BCUT2D eigenvalue weighted by atomic mass is 16.5. The third-order valence-corrected chi connectivity index (χ3v) is 7.06. The van der Waals surface area contributed by atoms with Gasteiger partial charge in [0, 0.05) is 21.9 Å². The van der Waals surface area contributed by atoms with E-state index in [2.05, 4.69) is 39.0 Å². The quantitative estimate of drug-likeness (QED) is 0.195. The highest BCUT2D eigenvalue weighted by Crippen LogP contribution is 2.44. The summed E-state index contributed by atoms with van der Waals surface area (Å²) in [7, 11) is 0. The van der Waals surface area contributed by atoms with Crippen molar-refractivity contribution >= 4 is 10.8 Å². The van der Waals surface area contributed by atoms with Crippen LogP contribution in [0, 0.1) is 0 Å². The summed E-state index contributed by atoms with van der Waals surface area (Å²) in [6, 6.07) is 8.22. The Balaban J connectivity index is 1.80. The predicted molar refractivity (Wildman–Crippen MR) is 146 cm³/mol. The van der Waals surface area contributed by atoms with Crippen molar-refractivity contribution in [3.8, 4) is 11.5 Å². The minimum Gasteiger partial charge on any atom is -0.490 e. The van der Waals surface area contributed by atoms with E-state index in [9.17, 15) is 10.2 Å². The molecule has 0 saturated carbocycles. The zero-order valence-corrected chi connectivity index (χ0v) is 22.2. The molecule has 1 aliphatic carbocycles. The lowest BCUT2D eigenvalue weighted by Crippen LogP contribution is -2.20. The van der Waals surface area contributed by atoms with Gasteiger partial charge in [0.2, 0.25) is 0 Å². The molecule has 0 bridgehead atoms. The molecule has 0 saturated heterocycles. The molecule has 0 radical (unpaired) electrons. The summed E-state index contributed by atoms with van der Waals surface area (Å²) in [5.74, 6) is 1.75. The van der Waals surface area contributed by atoms with Gasteiger partial charge in [-0.25, -0.2) is 0 Å². The van der Waals surface area contributed by atoms with Gasteiger partial charge in [0.15, 0.2) is 0 Å². The summed E-state index contributed by atoms with van der Waals surface area (Å²) >= 11 is 0. The van der Waals surface area contributed by atoms with Crippen molar-refractivity contribution in [2.75, 3.05) is 13.2 Å². The molecule has 35 heavy (non-hydrogen) atoms. The third-order valence-electron chi connectivity index (χ3n) is 7.06. The molecule has 2 atom stereocenters. The molecule has 2 aromatic rings. The van der Waals surface area contributed by atoms with Gasteiger partial charge in [-0.05, 0) is 32.6 Å². The Bertz CT molecular complexity index is 949. The van der Waals surface area contributed by atoms with Gasteiger partial charge in [-0.3, -0.25) is 0 Å². The molecule has 1 aliphatic rings. The molecule has 0 heterocycles. The summed E-state index contributed by atoms with van der Waals surface area (Å²) in [5, 5.41) is 23.1. The van der Waals surface area contributed by atoms with Crippen LogP contribution in [0.25, 0.3) is 10.8 Å². The smallest absolute Gasteiger partial charge is 0.131 e. The fourth-order valence-corrected chi connectivity index (χ4v) is 4.98. The van der Waals surface area contributed by atoms with Crippen molar-refractivity contribution in [1.82, 2.24) is 0 Å². The number of aliphatic hydroxyl groups is 2. The molecule has 2 N–H and O–H groups in total. The number of aliphatic hydroxyl groups excluding tert-OH is 2. The summed E-state index contributed by atoms with van der Waals surface area (Å²) in [6.45, 7) is 7.17. The molecular formula is C31H46O4. The summed E-state index contributed by atoms with van der Waals surface area (Å²) in [5.41, 5.74) is 3.63. The minimum atomic E-state index is -0.458. The Morgan fingerprint density at radius 1 is 0.743 bits per heavy atom. The lowest BCUT2D eigenvalue weighted by molar-refractivity contribution is 0.0960. The molecule has 0 amide bonds. The Morgan fingerprint density at radius 2 is 1.26 bits per heavy atom. The van der Waals surface area contributed by atoms with Gasteiger partial charge in [-0.2, -0.15) is 0 Å². The number of rotatable bonds is 16. The van der Waals surface area contributed by atoms with Crippen molar-refractivity contribution in [2.45, 2.75) is 110 Å². The van der Waals surface area contributed by atoms with Crippen LogP contribution >= 0.6 is 0 Å². The number of fused-ring (bicyclic) bond motifs is 2. The number of unbranched alkanes of at least 4 members (excludes halogenated alkanes) is 6. The maximum atomic E-state index is 10.6. The zero-order chi connectivity index (χ0) is 25.0. The van der Waals surface area contributed by atoms with E-state index in [1.54, 1.807) is 0 Å². The lowest BCUT2D eigenvalue weighted by Gasteiger charge is -2.26. The van der Waals surface area contributed by atoms with E-state index >= 15 is 0 Å². The van der Waals surface area contributed by atoms with Crippen LogP contribution in [0.1, 0.15) is 96.1 Å². The fraction of sp³-hybridized carbons (Fsp3) is 0.613. The first-order valence-electron chi connectivity index (χ1n) is 13.9. The van der Waals surface area contributed by atoms with Crippen LogP contribution in [-0.2, 0) is 12.8 Å². The van der Waals surface area contributed by atoms with Crippen molar-refractivity contribution in [3.05, 3.63) is 47.0 Å². The van der Waals surface area contributed by atoms with Crippen LogP contribution in [0.2, 0.25) is 0 Å². The second-order valence-corrected chi connectivity index (χ2v) is 10.2. The van der Waals surface area contributed by atoms with Gasteiger partial charge < -0.3 is 19.7 Å². The maximum absolute atomic E-state index is 10.6. The molecule has 4 nitrogen and oxygen atoms in total. The molecular weight excluding hydrogens is 436 g/mol. The van der Waals surface area contributed by atoms with Crippen LogP contribution < -0.4 is 9.47 Å². The standard InChI is InChI=1S/C31H46O4/c1-4-6-8-10-14-24(32)21-34-30-26-16-12-13-17-27(26)31(29-20-23(3)18-19-28(29)30)35-22-25(33)15-11-9-7-5-2/h12-13,16-18,24-25,32-33H,4-11,14-15,19-22H2,1-3H3. The Morgan fingerprint density at radius 3 is 1.77 bits per heavy atom. The van der Waals surface area contributed by atoms with Crippen LogP contribution in [0.5, 0.6) is 11.5 Å². The van der Waals surface area contributed by atoms with E-state index in [-0.39, 0.29) is 0 Å². The molecule has 194 valence electrons. The topological polar surface area (TPSA) is 58.9 Å². The second-order valence-electron chi connectivity index (χ2n) is 10.2. The van der Waals surface area contributed by atoms with Crippen LogP contribution in [0.3, 0.4) is 0 Å². The number of allylic oxidation sites excluding steroid dienone is 2. The Labute approximate surface area is 212 Å². The van der Waals surface area contributed by atoms with Gasteiger partial charge in [0.25, 0.3) is 0 Å². The van der Waals surface area contributed by atoms with Crippen molar-refractivity contribution < 1.29 is 19.7 Å². The maximum Gasteiger partial charge on any atom is 0.131 e. The van der Waals surface area contributed by atoms with Gasteiger partial charge in [0.1, 0.15) is 24.7 Å². The van der Waals surface area contributed by atoms with Gasteiger partial charge in [-0.15, -0.1) is 0 Å². The first-order chi connectivity index (χ1) is 17.0. The largest absolute Gasteiger partial charge is 0.490 e. The first-order valence-corrected chi connectivity index (χ1v) is 13.9. The molecule has 0 fully saturated rings. The minimum absolute atomic E-state index is 0.307. The van der Waals surface area contributed by atoms with Crippen molar-refractivity contribution in [2.24, 2.45) is 0 Å². The normalized spacial score (nSPS) is 14.9. The molecule has 2 aromatic carbocycles. The zero-order valence-electron chi connectivity index (χ0n) is 22.2. The van der Waals surface area contributed by atoms with E-state index in [1.807, 2.05) is 12.1 Å². The second kappa shape index (κ2) is 14.5. The number of benzene rings is 2. The Kier molecular flexibility index (Phi) is 11.4. The molecule has 0 spiro atoms. The van der Waals surface area contributed by atoms with Crippen molar-refractivity contribution in [1.29, 1.82) is 0 Å². The molecule has 4 heteroatoms. The molecule has 0 aromatic heterocycles. The van der Waals surface area contributed by atoms with Crippen LogP contribution in [-0.4, -0.2) is 35.6 Å². The predicted octanol–water partition coefficient (Wildman–Crippen LogP) is 7.30. The average Bonchev–Trinajstić information content (AvgIpc) is 2.86. The van der Waals surface area contributed by atoms with E-state index in [0.717, 1.165) is 84.8 Å². The van der Waals surface area contributed by atoms with Crippen LogP contribution in [0.4, 0.5) is 0 Å². The average molecular weight is 483 g/mol. The van der Waals surface area contributed by atoms with Gasteiger partial charge >= 0.3 is 0 Å². The van der Waals surface area contributed by atoms with E-state index in [1.165, 1.54) is 31.3 Å². The fourth-order valence-electron chi connectivity index (χ4n) is 4.98. The van der Waals surface area contributed by atoms with Gasteiger partial charge in [0.05, 0.1) is 12.2 Å². The highest BCUT2D eigenvalue weighted by Gasteiger charge is 2.24. The number of hydrogen-bond acceptors (Lipinski definition) is 4. The summed E-state index contributed by atoms with van der Waals surface area (Å²) in [6.07, 6.45) is 13.7. The molecule has 3 rings (SSSR count). The van der Waals surface area contributed by atoms with Crippen LogP contribution in [0.15, 0.2) is 35.9 Å². The molecule has 0 aliphatic heterocycles. The SMILES string of the molecule is CCCCCCC(O)COc1c2c(c(OCC(O)CCCCCC)c3ccccc13)CC(C)=CC2. The van der Waals surface area contributed by atoms with E-state index in [0.29, 0.717) is 13.2 Å². The van der Waals surface area contributed by atoms with Crippen molar-refractivity contribution in [3.63, 3.8) is 0 Å². The number of ether oxygens (including phenoxy) is 2. The third kappa shape index (κ3) is 7.98. The summed E-state index contributed by atoms with van der Waals surface area (Å²) in [4.78, 5) is 0. The number of hydrogen-bond donors (Lipinski definition) is 2. The monoisotopic (exact) mass is 482 g/mol. The lowest BCUT2D eigenvalue weighted by atomic mass is 9.87. The van der Waals surface area contributed by atoms with Gasteiger partial charge in [-0.1, -0.05) is 101 Å². The first kappa shape index (κ1) is 27.5. The van der Waals surface area contributed by atoms with E-state index in [4.69, 9.17) is 9.47 Å². The Hall–Kier alpha value is -2.04. The highest BCUT2D eigenvalue weighted by molar-refractivity contribution is 5.96. The molecule has 2 unspecified atom stereocenters.